The van der Waals surface area contributed by atoms with Gasteiger partial charge in [0.2, 0.25) is 0 Å². The first-order chi connectivity index (χ1) is 12.5. The number of aryl methyl sites for hydroxylation is 1. The number of hydrogen-bond donors (Lipinski definition) is 3. The maximum Gasteiger partial charge on any atom is 0.276 e. The van der Waals surface area contributed by atoms with E-state index in [0.717, 1.165) is 47.1 Å². The van der Waals surface area contributed by atoms with Crippen molar-refractivity contribution in [2.45, 2.75) is 18.9 Å². The highest BCUT2D eigenvalue weighted by Gasteiger charge is 2.24. The van der Waals surface area contributed by atoms with Gasteiger partial charge in [-0.25, -0.2) is 4.98 Å². The fraction of sp³-hybridized carbons (Fsp3) is 0.353. The Morgan fingerprint density at radius 2 is 2.35 bits per heavy atom. The molecule has 1 aliphatic heterocycles. The number of nitrogens with two attached hydrogens (primary N) is 1. The van der Waals surface area contributed by atoms with E-state index < -0.39 is 0 Å². The second-order valence-corrected chi connectivity index (χ2v) is 7.41. The number of piperidine rings is 1. The average molecular weight is 418 g/mol. The average Bonchev–Trinajstić information content (AvgIpc) is 3.22. The van der Waals surface area contributed by atoms with Crippen LogP contribution in [0.5, 0.6) is 0 Å². The molecular formula is C17H20BrN7O. The van der Waals surface area contributed by atoms with E-state index in [4.69, 9.17) is 5.73 Å². The molecule has 1 fully saturated rings. The highest BCUT2D eigenvalue weighted by atomic mass is 79.9. The molecule has 0 spiro atoms. The molecule has 0 aromatic carbocycles. The van der Waals surface area contributed by atoms with Crippen molar-refractivity contribution < 1.29 is 4.79 Å². The molecule has 9 heteroatoms. The lowest BCUT2D eigenvalue weighted by Gasteiger charge is -2.33. The Morgan fingerprint density at radius 1 is 1.50 bits per heavy atom. The molecule has 4 rings (SSSR count). The summed E-state index contributed by atoms with van der Waals surface area (Å²) in [5, 5.41) is 7.97. The predicted molar refractivity (Wildman–Crippen MR) is 104 cm³/mol. The Labute approximate surface area is 158 Å². The lowest BCUT2D eigenvalue weighted by Crippen LogP contribution is -2.43. The van der Waals surface area contributed by atoms with Crippen LogP contribution in [-0.4, -0.2) is 44.8 Å². The van der Waals surface area contributed by atoms with E-state index in [0.29, 0.717) is 11.4 Å². The fourth-order valence-electron chi connectivity index (χ4n) is 3.40. The van der Waals surface area contributed by atoms with Gasteiger partial charge in [-0.2, -0.15) is 5.10 Å². The summed E-state index contributed by atoms with van der Waals surface area (Å²) < 4.78 is 2.48. The Hall–Kier alpha value is -2.39. The van der Waals surface area contributed by atoms with Crippen molar-refractivity contribution >= 4 is 44.2 Å². The van der Waals surface area contributed by atoms with Gasteiger partial charge in [0.1, 0.15) is 5.65 Å². The van der Waals surface area contributed by atoms with Gasteiger partial charge in [-0.15, -0.1) is 0 Å². The summed E-state index contributed by atoms with van der Waals surface area (Å²) in [6.07, 6.45) is 7.34. The number of hydrogen-bond acceptors (Lipinski definition) is 5. The zero-order valence-electron chi connectivity index (χ0n) is 14.4. The van der Waals surface area contributed by atoms with Crippen LogP contribution in [0, 0.1) is 0 Å². The quantitative estimate of drug-likeness (QED) is 0.605. The van der Waals surface area contributed by atoms with E-state index in [1.54, 1.807) is 36.4 Å². The summed E-state index contributed by atoms with van der Waals surface area (Å²) >= 11 is 3.62. The SMILES string of the molecule is Cn1ccc(C(=O)Nc2c[nH]c3ncc(Br)c(N4CCC[C@@H](N)C4)c23)n1. The van der Waals surface area contributed by atoms with Crippen LogP contribution in [0.15, 0.2) is 29.1 Å². The Morgan fingerprint density at radius 3 is 3.08 bits per heavy atom. The summed E-state index contributed by atoms with van der Waals surface area (Å²) in [7, 11) is 1.78. The number of aromatic amines is 1. The van der Waals surface area contributed by atoms with E-state index >= 15 is 0 Å². The summed E-state index contributed by atoms with van der Waals surface area (Å²) in [6.45, 7) is 1.70. The van der Waals surface area contributed by atoms with Crippen molar-refractivity contribution in [1.82, 2.24) is 19.7 Å². The molecule has 3 aromatic rings. The minimum Gasteiger partial charge on any atom is -0.368 e. The van der Waals surface area contributed by atoms with Gasteiger partial charge in [0.25, 0.3) is 5.91 Å². The summed E-state index contributed by atoms with van der Waals surface area (Å²) in [5.74, 6) is -0.257. The fourth-order valence-corrected chi connectivity index (χ4v) is 3.95. The third kappa shape index (κ3) is 3.08. The summed E-state index contributed by atoms with van der Waals surface area (Å²) in [6, 6.07) is 1.83. The number of carbonyl (C=O) groups excluding carboxylic acids is 1. The number of pyridine rings is 1. The maximum absolute atomic E-state index is 12.5. The van der Waals surface area contributed by atoms with Crippen molar-refractivity contribution in [2.24, 2.45) is 12.8 Å². The largest absolute Gasteiger partial charge is 0.368 e. The lowest BCUT2D eigenvalue weighted by molar-refractivity contribution is 0.102. The molecular weight excluding hydrogens is 398 g/mol. The molecule has 1 aliphatic rings. The number of rotatable bonds is 3. The predicted octanol–water partition coefficient (Wildman–Crippen LogP) is 2.24. The normalized spacial score (nSPS) is 17.7. The van der Waals surface area contributed by atoms with E-state index in [9.17, 15) is 4.79 Å². The van der Waals surface area contributed by atoms with Gasteiger partial charge in [0.05, 0.1) is 21.2 Å². The first-order valence-electron chi connectivity index (χ1n) is 8.50. The molecule has 26 heavy (non-hydrogen) atoms. The number of nitrogens with one attached hydrogen (secondary N) is 2. The molecule has 8 nitrogen and oxygen atoms in total. The van der Waals surface area contributed by atoms with Crippen LogP contribution in [0.2, 0.25) is 0 Å². The molecule has 0 aliphatic carbocycles. The van der Waals surface area contributed by atoms with Gasteiger partial charge in [-0.1, -0.05) is 0 Å². The van der Waals surface area contributed by atoms with Gasteiger partial charge >= 0.3 is 0 Å². The van der Waals surface area contributed by atoms with Crippen LogP contribution in [0.3, 0.4) is 0 Å². The molecule has 0 unspecified atom stereocenters. The van der Waals surface area contributed by atoms with Gasteiger partial charge in [-0.3, -0.25) is 9.48 Å². The van der Waals surface area contributed by atoms with Crippen molar-refractivity contribution in [3.63, 3.8) is 0 Å². The molecule has 3 aromatic heterocycles. The second kappa shape index (κ2) is 6.73. The standard InChI is InChI=1S/C17H20BrN7O/c1-24-6-4-12(23-24)17(26)22-13-8-21-16-14(13)15(11(18)7-20-16)25-5-2-3-10(19)9-25/h4,6-8,10H,2-3,5,9,19H2,1H3,(H,20,21)(H,22,26)/t10-/m1/s1. The Kier molecular flexibility index (Phi) is 4.41. The maximum atomic E-state index is 12.5. The summed E-state index contributed by atoms with van der Waals surface area (Å²) in [5.41, 5.74) is 8.94. The monoisotopic (exact) mass is 417 g/mol. The van der Waals surface area contributed by atoms with Crippen LogP contribution < -0.4 is 16.0 Å². The molecule has 4 heterocycles. The zero-order valence-corrected chi connectivity index (χ0v) is 16.0. The van der Waals surface area contributed by atoms with Crippen LogP contribution in [0.25, 0.3) is 11.0 Å². The van der Waals surface area contributed by atoms with Gasteiger partial charge in [0.15, 0.2) is 5.69 Å². The lowest BCUT2D eigenvalue weighted by atomic mass is 10.1. The van der Waals surface area contributed by atoms with Crippen LogP contribution in [0.4, 0.5) is 11.4 Å². The first kappa shape index (κ1) is 17.0. The van der Waals surface area contributed by atoms with Crippen LogP contribution in [0.1, 0.15) is 23.3 Å². The van der Waals surface area contributed by atoms with Crippen molar-refractivity contribution in [3.05, 3.63) is 34.8 Å². The van der Waals surface area contributed by atoms with Gasteiger partial charge in [-0.05, 0) is 34.8 Å². The van der Waals surface area contributed by atoms with E-state index in [2.05, 4.69) is 41.2 Å². The topological polar surface area (TPSA) is 105 Å². The number of amides is 1. The molecule has 0 bridgehead atoms. The summed E-state index contributed by atoms with van der Waals surface area (Å²) in [4.78, 5) is 22.4. The number of nitrogens with zero attached hydrogens (tertiary/aromatic N) is 4. The molecule has 4 N–H and O–H groups in total. The third-order valence-corrected chi connectivity index (χ3v) is 5.18. The van der Waals surface area contributed by atoms with Gasteiger partial charge < -0.3 is 20.9 Å². The highest BCUT2D eigenvalue weighted by Crippen LogP contribution is 2.38. The van der Waals surface area contributed by atoms with E-state index in [1.165, 1.54) is 0 Å². The van der Waals surface area contributed by atoms with Crippen LogP contribution in [-0.2, 0) is 7.05 Å². The number of carbonyl (C=O) groups is 1. The smallest absolute Gasteiger partial charge is 0.276 e. The number of aromatic nitrogens is 4. The molecule has 1 amide bonds. The Balaban J connectivity index is 1.74. The number of fused-ring (bicyclic) bond motifs is 1. The molecule has 0 saturated carbocycles. The van der Waals surface area contributed by atoms with Crippen molar-refractivity contribution in [2.75, 3.05) is 23.3 Å². The zero-order chi connectivity index (χ0) is 18.3. The van der Waals surface area contributed by atoms with E-state index in [-0.39, 0.29) is 11.9 Å². The minimum atomic E-state index is -0.257. The second-order valence-electron chi connectivity index (χ2n) is 6.56. The van der Waals surface area contributed by atoms with Crippen molar-refractivity contribution in [1.29, 1.82) is 0 Å². The molecule has 1 atom stereocenters. The van der Waals surface area contributed by atoms with Crippen molar-refractivity contribution in [3.8, 4) is 0 Å². The molecule has 136 valence electrons. The molecule has 1 saturated heterocycles. The third-order valence-electron chi connectivity index (χ3n) is 4.60. The minimum absolute atomic E-state index is 0.143. The first-order valence-corrected chi connectivity index (χ1v) is 9.29. The van der Waals surface area contributed by atoms with Gasteiger partial charge in [0, 0.05) is 44.8 Å². The highest BCUT2D eigenvalue weighted by molar-refractivity contribution is 9.10. The number of halogens is 1. The Bertz CT molecular complexity index is 963. The molecule has 0 radical (unpaired) electrons. The number of H-pyrrole nitrogens is 1. The van der Waals surface area contributed by atoms with E-state index in [1.807, 2.05) is 0 Å². The van der Waals surface area contributed by atoms with Crippen LogP contribution >= 0.6 is 15.9 Å². The number of anilines is 2.